The Balaban J connectivity index is 2.19. The lowest BCUT2D eigenvalue weighted by atomic mass is 10.2. The van der Waals surface area contributed by atoms with Crippen LogP contribution in [0.15, 0.2) is 11.5 Å². The Morgan fingerprint density at radius 2 is 2.26 bits per heavy atom. The molecule has 0 saturated carbocycles. The average molecular weight is 294 g/mol. The molecule has 0 fully saturated rings. The van der Waals surface area contributed by atoms with Gasteiger partial charge in [0.05, 0.1) is 11.1 Å². The highest BCUT2D eigenvalue weighted by Gasteiger charge is 2.15. The Morgan fingerprint density at radius 1 is 1.47 bits per heavy atom. The third-order valence-electron chi connectivity index (χ3n) is 2.87. The predicted octanol–water partition coefficient (Wildman–Crippen LogP) is 2.13. The Kier molecular flexibility index (Phi) is 2.90. The van der Waals surface area contributed by atoms with Gasteiger partial charge in [-0.25, -0.2) is 4.98 Å². The van der Waals surface area contributed by atoms with Gasteiger partial charge in [0.25, 0.3) is 0 Å². The highest BCUT2D eigenvalue weighted by molar-refractivity contribution is 7.99. The zero-order valence-corrected chi connectivity index (χ0v) is 11.9. The number of carboxylic acids is 1. The number of aliphatic carboxylic acids is 1. The minimum absolute atomic E-state index is 0.0412. The van der Waals surface area contributed by atoms with Gasteiger partial charge in [-0.3, -0.25) is 9.20 Å². The van der Waals surface area contributed by atoms with Crippen molar-refractivity contribution in [2.24, 2.45) is 0 Å². The first-order chi connectivity index (χ1) is 9.08. The third-order valence-corrected chi connectivity index (χ3v) is 4.91. The van der Waals surface area contributed by atoms with Crippen LogP contribution in [0.4, 0.5) is 0 Å². The van der Waals surface area contributed by atoms with Crippen LogP contribution >= 0.6 is 23.1 Å². The molecule has 98 valence electrons. The normalized spacial score (nSPS) is 11.5. The SMILES string of the molecule is Cc1sc2ncn3c(SCC(=O)O)nnc3c2c1C. The second kappa shape index (κ2) is 4.46. The van der Waals surface area contributed by atoms with E-state index in [1.165, 1.54) is 4.88 Å². The summed E-state index contributed by atoms with van der Waals surface area (Å²) in [6.45, 7) is 4.09. The fourth-order valence-electron chi connectivity index (χ4n) is 1.85. The molecule has 3 heterocycles. The molecule has 0 spiro atoms. The summed E-state index contributed by atoms with van der Waals surface area (Å²) in [5.74, 6) is -0.918. The Hall–Kier alpha value is -1.67. The van der Waals surface area contributed by atoms with E-state index in [4.69, 9.17) is 5.11 Å². The number of thioether (sulfide) groups is 1. The molecule has 0 aliphatic carbocycles. The van der Waals surface area contributed by atoms with Crippen LogP contribution in [0.25, 0.3) is 15.9 Å². The summed E-state index contributed by atoms with van der Waals surface area (Å²) in [6.07, 6.45) is 1.65. The molecule has 0 aliphatic rings. The van der Waals surface area contributed by atoms with Crippen molar-refractivity contribution in [3.8, 4) is 0 Å². The number of aromatic nitrogens is 4. The van der Waals surface area contributed by atoms with Gasteiger partial charge in [-0.1, -0.05) is 11.8 Å². The summed E-state index contributed by atoms with van der Waals surface area (Å²) in [4.78, 5) is 17.1. The van der Waals surface area contributed by atoms with E-state index >= 15 is 0 Å². The molecule has 0 atom stereocenters. The molecule has 0 bridgehead atoms. The van der Waals surface area contributed by atoms with Crippen molar-refractivity contribution in [2.75, 3.05) is 5.75 Å². The van der Waals surface area contributed by atoms with Crippen LogP contribution in [0.1, 0.15) is 10.4 Å². The summed E-state index contributed by atoms with van der Waals surface area (Å²) in [6, 6.07) is 0. The number of fused-ring (bicyclic) bond motifs is 3. The largest absolute Gasteiger partial charge is 0.481 e. The van der Waals surface area contributed by atoms with E-state index in [9.17, 15) is 4.79 Å². The standard InChI is InChI=1S/C11H10N4O2S2/c1-5-6(2)19-10-8(5)9-13-14-11(15(9)4-12-10)18-3-7(16)17/h4H,3H2,1-2H3,(H,16,17). The molecule has 0 amide bonds. The van der Waals surface area contributed by atoms with Crippen molar-refractivity contribution in [3.05, 3.63) is 16.8 Å². The summed E-state index contributed by atoms with van der Waals surface area (Å²) in [5, 5.41) is 18.5. The zero-order valence-electron chi connectivity index (χ0n) is 10.2. The van der Waals surface area contributed by atoms with E-state index < -0.39 is 5.97 Å². The van der Waals surface area contributed by atoms with Gasteiger partial charge in [-0.05, 0) is 19.4 Å². The maximum absolute atomic E-state index is 10.6. The molecule has 8 heteroatoms. The molecule has 6 nitrogen and oxygen atoms in total. The van der Waals surface area contributed by atoms with E-state index in [0.717, 1.165) is 33.2 Å². The predicted molar refractivity (Wildman–Crippen MR) is 74.0 cm³/mol. The van der Waals surface area contributed by atoms with Crippen LogP contribution < -0.4 is 0 Å². The number of aryl methyl sites for hydroxylation is 2. The maximum Gasteiger partial charge on any atom is 0.313 e. The molecule has 0 saturated heterocycles. The zero-order chi connectivity index (χ0) is 13.6. The van der Waals surface area contributed by atoms with Crippen LogP contribution in [-0.2, 0) is 4.79 Å². The van der Waals surface area contributed by atoms with Gasteiger partial charge >= 0.3 is 5.97 Å². The molecular weight excluding hydrogens is 284 g/mol. The summed E-state index contributed by atoms with van der Waals surface area (Å²) < 4.78 is 1.75. The molecule has 3 aromatic heterocycles. The monoisotopic (exact) mass is 294 g/mol. The van der Waals surface area contributed by atoms with Crippen LogP contribution in [0, 0.1) is 13.8 Å². The van der Waals surface area contributed by atoms with E-state index in [0.29, 0.717) is 5.16 Å². The van der Waals surface area contributed by atoms with Gasteiger partial charge in [-0.15, -0.1) is 21.5 Å². The number of rotatable bonds is 3. The lowest BCUT2D eigenvalue weighted by Gasteiger charge is -1.98. The number of thiophene rings is 1. The van der Waals surface area contributed by atoms with Crippen LogP contribution in [0.2, 0.25) is 0 Å². The lowest BCUT2D eigenvalue weighted by molar-refractivity contribution is -0.133. The van der Waals surface area contributed by atoms with E-state index in [1.54, 1.807) is 22.1 Å². The first-order valence-electron chi connectivity index (χ1n) is 5.52. The van der Waals surface area contributed by atoms with Crippen LogP contribution in [-0.4, -0.2) is 36.4 Å². The van der Waals surface area contributed by atoms with Crippen molar-refractivity contribution in [2.45, 2.75) is 19.0 Å². The lowest BCUT2D eigenvalue weighted by Crippen LogP contribution is -1.99. The van der Waals surface area contributed by atoms with Crippen LogP contribution in [0.5, 0.6) is 0 Å². The highest BCUT2D eigenvalue weighted by atomic mass is 32.2. The average Bonchev–Trinajstić information content (AvgIpc) is 2.89. The van der Waals surface area contributed by atoms with Gasteiger partial charge in [0.2, 0.25) is 0 Å². The van der Waals surface area contributed by atoms with Crippen molar-refractivity contribution in [1.82, 2.24) is 19.6 Å². The summed E-state index contributed by atoms with van der Waals surface area (Å²) >= 11 is 2.77. The number of hydrogen-bond acceptors (Lipinski definition) is 6. The fraction of sp³-hybridized carbons (Fsp3) is 0.273. The number of carboxylic acid groups (broad SMARTS) is 1. The minimum Gasteiger partial charge on any atom is -0.481 e. The Bertz CT molecular complexity index is 793. The third kappa shape index (κ3) is 1.96. The van der Waals surface area contributed by atoms with Gasteiger partial charge in [0, 0.05) is 4.88 Å². The van der Waals surface area contributed by atoms with Gasteiger partial charge in [0.15, 0.2) is 10.8 Å². The minimum atomic E-state index is -0.877. The van der Waals surface area contributed by atoms with Crippen LogP contribution in [0.3, 0.4) is 0 Å². The summed E-state index contributed by atoms with van der Waals surface area (Å²) in [5.41, 5.74) is 1.89. The highest BCUT2D eigenvalue weighted by Crippen LogP contribution is 2.31. The van der Waals surface area contributed by atoms with Gasteiger partial charge in [0.1, 0.15) is 11.2 Å². The Morgan fingerprint density at radius 3 is 3.00 bits per heavy atom. The van der Waals surface area contributed by atoms with Crippen molar-refractivity contribution >= 4 is 44.9 Å². The van der Waals surface area contributed by atoms with Crippen molar-refractivity contribution < 1.29 is 9.90 Å². The number of nitrogens with zero attached hydrogens (tertiary/aromatic N) is 4. The molecule has 0 unspecified atom stereocenters. The molecule has 0 aromatic carbocycles. The first-order valence-corrected chi connectivity index (χ1v) is 7.32. The molecule has 3 aromatic rings. The number of hydrogen-bond donors (Lipinski definition) is 1. The molecule has 1 N–H and O–H groups in total. The molecular formula is C11H10N4O2S2. The van der Waals surface area contributed by atoms with Gasteiger partial charge < -0.3 is 5.11 Å². The van der Waals surface area contributed by atoms with E-state index in [-0.39, 0.29) is 5.75 Å². The van der Waals surface area contributed by atoms with E-state index in [1.807, 2.05) is 6.92 Å². The second-order valence-electron chi connectivity index (χ2n) is 4.07. The topological polar surface area (TPSA) is 80.4 Å². The molecule has 3 rings (SSSR count). The first kappa shape index (κ1) is 12.4. The second-order valence-corrected chi connectivity index (χ2v) is 6.21. The van der Waals surface area contributed by atoms with Gasteiger partial charge in [-0.2, -0.15) is 0 Å². The number of carbonyl (C=O) groups is 1. The van der Waals surface area contributed by atoms with Crippen molar-refractivity contribution in [3.63, 3.8) is 0 Å². The quantitative estimate of drug-likeness (QED) is 0.745. The van der Waals surface area contributed by atoms with Crippen molar-refractivity contribution in [1.29, 1.82) is 0 Å². The molecule has 0 aliphatic heterocycles. The molecule has 19 heavy (non-hydrogen) atoms. The smallest absolute Gasteiger partial charge is 0.313 e. The Labute approximate surface area is 116 Å². The van der Waals surface area contributed by atoms with E-state index in [2.05, 4.69) is 22.1 Å². The molecule has 0 radical (unpaired) electrons. The fourth-order valence-corrected chi connectivity index (χ4v) is 3.47. The maximum atomic E-state index is 10.6. The summed E-state index contributed by atoms with van der Waals surface area (Å²) in [7, 11) is 0.